The smallest absolute Gasteiger partial charge is 0.103 e. The van der Waals surface area contributed by atoms with Gasteiger partial charge in [0.15, 0.2) is 0 Å². The molecule has 0 bridgehead atoms. The first-order valence-electron chi connectivity index (χ1n) is 12.3. The van der Waals surface area contributed by atoms with Gasteiger partial charge in [0.25, 0.3) is 0 Å². The van der Waals surface area contributed by atoms with E-state index in [2.05, 4.69) is 6.92 Å². The van der Waals surface area contributed by atoms with Crippen LogP contribution in [0.4, 0.5) is 4.39 Å². The normalized spacial score (nSPS) is 46.2. The van der Waals surface area contributed by atoms with Crippen LogP contribution in [0, 0.1) is 41.4 Å². The second-order valence-electron chi connectivity index (χ2n) is 10.8. The molecule has 150 valence electrons. The standard InChI is InChI=1S/C25H43F/c1-18-7-9-20(10-8-18)21-11-13-22(14-12-21)24-16-15-23(17-25(24)26)19-5-3-2-4-6-19/h18-25H,2-17H2,1H3. The summed E-state index contributed by atoms with van der Waals surface area (Å²) in [6.45, 7) is 2.43. The third-order valence-corrected chi connectivity index (χ3v) is 9.33. The maximum absolute atomic E-state index is 15.1. The van der Waals surface area contributed by atoms with Crippen molar-refractivity contribution in [2.24, 2.45) is 41.4 Å². The summed E-state index contributed by atoms with van der Waals surface area (Å²) in [5.74, 6) is 5.69. The van der Waals surface area contributed by atoms with Crippen molar-refractivity contribution in [2.75, 3.05) is 0 Å². The van der Waals surface area contributed by atoms with Crippen molar-refractivity contribution in [3.63, 3.8) is 0 Å². The molecule has 4 rings (SSSR count). The van der Waals surface area contributed by atoms with E-state index in [4.69, 9.17) is 0 Å². The Hall–Kier alpha value is -0.0700. The Labute approximate surface area is 162 Å². The molecule has 4 saturated carbocycles. The summed E-state index contributed by atoms with van der Waals surface area (Å²) in [5.41, 5.74) is 0. The maximum atomic E-state index is 15.1. The first-order chi connectivity index (χ1) is 12.7. The van der Waals surface area contributed by atoms with Gasteiger partial charge in [-0.05, 0) is 99.2 Å². The molecule has 0 N–H and O–H groups in total. The molecular weight excluding hydrogens is 319 g/mol. The van der Waals surface area contributed by atoms with Gasteiger partial charge in [-0.1, -0.05) is 51.9 Å². The molecule has 4 fully saturated rings. The molecule has 0 aromatic rings. The molecule has 3 unspecified atom stereocenters. The summed E-state index contributed by atoms with van der Waals surface area (Å²) in [7, 11) is 0. The number of halogens is 1. The molecule has 0 spiro atoms. The molecule has 26 heavy (non-hydrogen) atoms. The van der Waals surface area contributed by atoms with E-state index in [0.717, 1.165) is 41.9 Å². The first-order valence-corrected chi connectivity index (χ1v) is 12.3. The minimum atomic E-state index is -0.479. The van der Waals surface area contributed by atoms with E-state index in [0.29, 0.717) is 5.92 Å². The quantitative estimate of drug-likeness (QED) is 0.478. The van der Waals surface area contributed by atoms with Gasteiger partial charge in [-0.2, -0.15) is 0 Å². The number of alkyl halides is 1. The lowest BCUT2D eigenvalue weighted by Gasteiger charge is -2.43. The average Bonchev–Trinajstić information content (AvgIpc) is 2.69. The van der Waals surface area contributed by atoms with Gasteiger partial charge in [-0.25, -0.2) is 4.39 Å². The second-order valence-corrected chi connectivity index (χ2v) is 10.8. The molecular formula is C25H43F. The first kappa shape index (κ1) is 19.3. The van der Waals surface area contributed by atoms with Crippen molar-refractivity contribution in [3.05, 3.63) is 0 Å². The van der Waals surface area contributed by atoms with Gasteiger partial charge in [-0.15, -0.1) is 0 Å². The molecule has 3 atom stereocenters. The van der Waals surface area contributed by atoms with Crippen LogP contribution >= 0.6 is 0 Å². The summed E-state index contributed by atoms with van der Waals surface area (Å²) in [5, 5.41) is 0. The lowest BCUT2D eigenvalue weighted by Crippen LogP contribution is -2.37. The number of rotatable bonds is 3. The predicted octanol–water partition coefficient (Wildman–Crippen LogP) is 7.95. The van der Waals surface area contributed by atoms with Crippen LogP contribution in [0.1, 0.15) is 110 Å². The van der Waals surface area contributed by atoms with Crippen molar-refractivity contribution < 1.29 is 4.39 Å². The van der Waals surface area contributed by atoms with Gasteiger partial charge in [-0.3, -0.25) is 0 Å². The van der Waals surface area contributed by atoms with Crippen molar-refractivity contribution >= 4 is 0 Å². The van der Waals surface area contributed by atoms with Gasteiger partial charge in [0, 0.05) is 0 Å². The lowest BCUT2D eigenvalue weighted by atomic mass is 9.63. The number of hydrogen-bond acceptors (Lipinski definition) is 0. The Kier molecular flexibility index (Phi) is 6.63. The Balaban J connectivity index is 1.23. The highest BCUT2D eigenvalue weighted by atomic mass is 19.1. The van der Waals surface area contributed by atoms with E-state index >= 15 is 4.39 Å². The zero-order valence-corrected chi connectivity index (χ0v) is 17.3. The second kappa shape index (κ2) is 8.95. The van der Waals surface area contributed by atoms with Crippen LogP contribution in [0.25, 0.3) is 0 Å². The van der Waals surface area contributed by atoms with Crippen LogP contribution in [0.15, 0.2) is 0 Å². The Bertz CT molecular complexity index is 410. The van der Waals surface area contributed by atoms with Crippen LogP contribution < -0.4 is 0 Å². The predicted molar refractivity (Wildman–Crippen MR) is 109 cm³/mol. The van der Waals surface area contributed by atoms with E-state index in [1.54, 1.807) is 0 Å². The largest absolute Gasteiger partial charge is 0.247 e. The van der Waals surface area contributed by atoms with Gasteiger partial charge >= 0.3 is 0 Å². The molecule has 0 aliphatic heterocycles. The van der Waals surface area contributed by atoms with Crippen LogP contribution in [0.2, 0.25) is 0 Å². The van der Waals surface area contributed by atoms with Gasteiger partial charge < -0.3 is 0 Å². The minimum Gasteiger partial charge on any atom is -0.247 e. The fourth-order valence-corrected chi connectivity index (χ4v) is 7.54. The van der Waals surface area contributed by atoms with E-state index in [1.807, 2.05) is 0 Å². The third kappa shape index (κ3) is 4.49. The summed E-state index contributed by atoms with van der Waals surface area (Å²) >= 11 is 0. The summed E-state index contributed by atoms with van der Waals surface area (Å²) < 4.78 is 15.1. The number of hydrogen-bond donors (Lipinski definition) is 0. The molecule has 0 heterocycles. The zero-order valence-electron chi connectivity index (χ0n) is 17.3. The summed E-state index contributed by atoms with van der Waals surface area (Å²) in [6, 6.07) is 0. The molecule has 0 saturated heterocycles. The van der Waals surface area contributed by atoms with Crippen LogP contribution in [-0.4, -0.2) is 6.17 Å². The van der Waals surface area contributed by atoms with Gasteiger partial charge in [0.1, 0.15) is 6.17 Å². The fourth-order valence-electron chi connectivity index (χ4n) is 7.54. The molecule has 1 heteroatoms. The Morgan fingerprint density at radius 2 is 1.00 bits per heavy atom. The Morgan fingerprint density at radius 1 is 0.500 bits per heavy atom. The van der Waals surface area contributed by atoms with Crippen molar-refractivity contribution in [1.29, 1.82) is 0 Å². The van der Waals surface area contributed by atoms with E-state index in [9.17, 15) is 0 Å². The summed E-state index contributed by atoms with van der Waals surface area (Å²) in [4.78, 5) is 0. The van der Waals surface area contributed by atoms with Gasteiger partial charge in [0.05, 0.1) is 0 Å². The van der Waals surface area contributed by atoms with E-state index in [1.165, 1.54) is 96.3 Å². The van der Waals surface area contributed by atoms with Gasteiger partial charge in [0.2, 0.25) is 0 Å². The molecule has 4 aliphatic rings. The van der Waals surface area contributed by atoms with Crippen molar-refractivity contribution in [2.45, 2.75) is 116 Å². The lowest BCUT2D eigenvalue weighted by molar-refractivity contribution is 0.0294. The van der Waals surface area contributed by atoms with Crippen LogP contribution in [0.5, 0.6) is 0 Å². The molecule has 0 nitrogen and oxygen atoms in total. The van der Waals surface area contributed by atoms with E-state index < -0.39 is 6.17 Å². The topological polar surface area (TPSA) is 0 Å². The summed E-state index contributed by atoms with van der Waals surface area (Å²) in [6.07, 6.45) is 21.4. The molecule has 4 aliphatic carbocycles. The molecule has 0 aromatic heterocycles. The third-order valence-electron chi connectivity index (χ3n) is 9.33. The van der Waals surface area contributed by atoms with Crippen LogP contribution in [-0.2, 0) is 0 Å². The molecule has 0 amide bonds. The molecule has 0 radical (unpaired) electrons. The SMILES string of the molecule is CC1CCC(C2CCC(C3CCC(C4CCCCC4)CC3F)CC2)CC1. The average molecular weight is 363 g/mol. The zero-order chi connectivity index (χ0) is 17.9. The van der Waals surface area contributed by atoms with Crippen molar-refractivity contribution in [3.8, 4) is 0 Å². The highest BCUT2D eigenvalue weighted by Gasteiger charge is 2.40. The Morgan fingerprint density at radius 3 is 1.62 bits per heavy atom. The highest BCUT2D eigenvalue weighted by Crippen LogP contribution is 2.48. The minimum absolute atomic E-state index is 0.419. The van der Waals surface area contributed by atoms with E-state index in [-0.39, 0.29) is 0 Å². The monoisotopic (exact) mass is 362 g/mol. The fraction of sp³-hybridized carbons (Fsp3) is 1.00. The van der Waals surface area contributed by atoms with Crippen LogP contribution in [0.3, 0.4) is 0 Å². The highest BCUT2D eigenvalue weighted by molar-refractivity contribution is 4.90. The molecule has 0 aromatic carbocycles. The maximum Gasteiger partial charge on any atom is 0.103 e. The van der Waals surface area contributed by atoms with Crippen molar-refractivity contribution in [1.82, 2.24) is 0 Å².